The third-order valence-electron chi connectivity index (χ3n) is 4.83. The Morgan fingerprint density at radius 3 is 2.78 bits per heavy atom. The zero-order chi connectivity index (χ0) is 18.5. The number of nitrogens with one attached hydrogen (secondary N) is 1. The first-order valence-electron chi connectivity index (χ1n) is 9.44. The molecule has 1 fully saturated rings. The molecule has 27 heavy (non-hydrogen) atoms. The lowest BCUT2D eigenvalue weighted by molar-refractivity contribution is -0.0300. The minimum absolute atomic E-state index is 0.190. The predicted molar refractivity (Wildman–Crippen MR) is 106 cm³/mol. The van der Waals surface area contributed by atoms with Crippen LogP contribution in [-0.4, -0.2) is 50.5 Å². The summed E-state index contributed by atoms with van der Waals surface area (Å²) >= 11 is 6.31. The van der Waals surface area contributed by atoms with E-state index in [1.54, 1.807) is 0 Å². The van der Waals surface area contributed by atoms with Gasteiger partial charge in [0.2, 0.25) is 0 Å². The quantitative estimate of drug-likeness (QED) is 0.823. The second-order valence-corrected chi connectivity index (χ2v) is 7.35. The van der Waals surface area contributed by atoms with Crippen LogP contribution in [0.4, 0.5) is 0 Å². The monoisotopic (exact) mass is 388 g/mol. The SMILES string of the molecule is Clc1cc(CNC[C@@H]2CN(Cc3ccccc3)CCO2)cc2c1OCCO2. The Hall–Kier alpha value is -1.79. The van der Waals surface area contributed by atoms with E-state index < -0.39 is 0 Å². The van der Waals surface area contributed by atoms with E-state index in [2.05, 4.69) is 40.5 Å². The van der Waals surface area contributed by atoms with Crippen LogP contribution in [0, 0.1) is 0 Å². The summed E-state index contributed by atoms with van der Waals surface area (Å²) in [7, 11) is 0. The van der Waals surface area contributed by atoms with Gasteiger partial charge in [-0.15, -0.1) is 0 Å². The Morgan fingerprint density at radius 1 is 1.04 bits per heavy atom. The van der Waals surface area contributed by atoms with Crippen LogP contribution in [-0.2, 0) is 17.8 Å². The molecule has 4 rings (SSSR count). The average Bonchev–Trinajstić information content (AvgIpc) is 2.69. The van der Waals surface area contributed by atoms with E-state index in [1.165, 1.54) is 5.56 Å². The molecule has 0 unspecified atom stereocenters. The van der Waals surface area contributed by atoms with Gasteiger partial charge in [-0.25, -0.2) is 0 Å². The lowest BCUT2D eigenvalue weighted by Gasteiger charge is -2.33. The van der Waals surface area contributed by atoms with E-state index in [1.807, 2.05) is 12.1 Å². The summed E-state index contributed by atoms with van der Waals surface area (Å²) in [5.41, 5.74) is 2.43. The van der Waals surface area contributed by atoms with Crippen LogP contribution in [0.5, 0.6) is 11.5 Å². The number of benzene rings is 2. The van der Waals surface area contributed by atoms with E-state index in [4.69, 9.17) is 25.8 Å². The molecule has 0 bridgehead atoms. The molecule has 5 nitrogen and oxygen atoms in total. The summed E-state index contributed by atoms with van der Waals surface area (Å²) in [6.07, 6.45) is 0.190. The van der Waals surface area contributed by atoms with Gasteiger partial charge in [0.1, 0.15) is 13.2 Å². The minimum atomic E-state index is 0.190. The highest BCUT2D eigenvalue weighted by Gasteiger charge is 2.21. The molecule has 0 spiro atoms. The zero-order valence-corrected chi connectivity index (χ0v) is 16.1. The maximum absolute atomic E-state index is 6.31. The van der Waals surface area contributed by atoms with Crippen molar-refractivity contribution < 1.29 is 14.2 Å². The summed E-state index contributed by atoms with van der Waals surface area (Å²) in [6, 6.07) is 14.5. The molecule has 2 heterocycles. The van der Waals surface area contributed by atoms with E-state index in [-0.39, 0.29) is 6.10 Å². The van der Waals surface area contributed by atoms with Crippen molar-refractivity contribution in [1.82, 2.24) is 10.2 Å². The molecule has 0 aliphatic carbocycles. The van der Waals surface area contributed by atoms with Gasteiger partial charge in [-0.3, -0.25) is 4.90 Å². The van der Waals surface area contributed by atoms with E-state index in [9.17, 15) is 0 Å². The Labute approximate surface area is 165 Å². The minimum Gasteiger partial charge on any atom is -0.486 e. The third-order valence-corrected chi connectivity index (χ3v) is 5.11. The first-order chi connectivity index (χ1) is 13.3. The molecular weight excluding hydrogens is 364 g/mol. The number of hydrogen-bond donors (Lipinski definition) is 1. The van der Waals surface area contributed by atoms with E-state index in [0.717, 1.165) is 50.6 Å². The highest BCUT2D eigenvalue weighted by molar-refractivity contribution is 6.32. The number of hydrogen-bond acceptors (Lipinski definition) is 5. The maximum Gasteiger partial charge on any atom is 0.179 e. The Balaban J connectivity index is 1.27. The Morgan fingerprint density at radius 2 is 1.89 bits per heavy atom. The second-order valence-electron chi connectivity index (χ2n) is 6.95. The molecule has 2 aliphatic rings. The van der Waals surface area contributed by atoms with Crippen molar-refractivity contribution in [2.24, 2.45) is 0 Å². The summed E-state index contributed by atoms with van der Waals surface area (Å²) in [6.45, 7) is 6.28. The summed E-state index contributed by atoms with van der Waals surface area (Å²) in [5.74, 6) is 1.38. The molecule has 1 N–H and O–H groups in total. The highest BCUT2D eigenvalue weighted by Crippen LogP contribution is 2.38. The fourth-order valence-electron chi connectivity index (χ4n) is 3.53. The van der Waals surface area contributed by atoms with E-state index >= 15 is 0 Å². The normalized spacial score (nSPS) is 19.8. The van der Waals surface area contributed by atoms with Crippen molar-refractivity contribution >= 4 is 11.6 Å². The van der Waals surface area contributed by atoms with Crippen LogP contribution in [0.25, 0.3) is 0 Å². The second kappa shape index (κ2) is 8.93. The van der Waals surface area contributed by atoms with Gasteiger partial charge >= 0.3 is 0 Å². The van der Waals surface area contributed by atoms with Crippen LogP contribution in [0.15, 0.2) is 42.5 Å². The van der Waals surface area contributed by atoms with Crippen molar-refractivity contribution in [3.05, 3.63) is 58.6 Å². The first-order valence-corrected chi connectivity index (χ1v) is 9.82. The number of rotatable bonds is 6. The van der Waals surface area contributed by atoms with Crippen molar-refractivity contribution in [3.8, 4) is 11.5 Å². The van der Waals surface area contributed by atoms with Gasteiger partial charge in [-0.05, 0) is 23.3 Å². The van der Waals surface area contributed by atoms with Gasteiger partial charge in [-0.2, -0.15) is 0 Å². The van der Waals surface area contributed by atoms with Gasteiger partial charge in [-0.1, -0.05) is 41.9 Å². The van der Waals surface area contributed by atoms with Gasteiger partial charge in [0.05, 0.1) is 17.7 Å². The molecule has 0 aromatic heterocycles. The van der Waals surface area contributed by atoms with Crippen LogP contribution in [0.3, 0.4) is 0 Å². The number of nitrogens with zero attached hydrogens (tertiary/aromatic N) is 1. The largest absolute Gasteiger partial charge is 0.486 e. The van der Waals surface area contributed by atoms with Gasteiger partial charge in [0.15, 0.2) is 11.5 Å². The molecule has 1 atom stereocenters. The molecule has 144 valence electrons. The Kier molecular flexibility index (Phi) is 6.14. The lowest BCUT2D eigenvalue weighted by Crippen LogP contribution is -2.46. The van der Waals surface area contributed by atoms with Crippen LogP contribution in [0.1, 0.15) is 11.1 Å². The zero-order valence-electron chi connectivity index (χ0n) is 15.3. The third kappa shape index (κ3) is 4.93. The molecule has 0 radical (unpaired) electrons. The molecule has 6 heteroatoms. The standard InChI is InChI=1S/C21H25ClN2O3/c22-19-10-17(11-20-21(19)27-9-8-26-20)12-23-13-18-15-24(6-7-25-18)14-16-4-2-1-3-5-16/h1-5,10-11,18,23H,6-9,12-15H2/t18-/m1/s1. The molecule has 0 saturated carbocycles. The van der Waals surface area contributed by atoms with E-state index in [0.29, 0.717) is 24.0 Å². The first kappa shape index (κ1) is 18.6. The van der Waals surface area contributed by atoms with Crippen molar-refractivity contribution in [2.75, 3.05) is 39.5 Å². The van der Waals surface area contributed by atoms with Crippen LogP contribution in [0.2, 0.25) is 5.02 Å². The van der Waals surface area contributed by atoms with Gasteiger partial charge in [0, 0.05) is 32.7 Å². The molecule has 2 aromatic rings. The maximum atomic E-state index is 6.31. The van der Waals surface area contributed by atoms with Crippen molar-refractivity contribution in [2.45, 2.75) is 19.2 Å². The number of morpholine rings is 1. The topological polar surface area (TPSA) is 43.0 Å². The summed E-state index contributed by atoms with van der Waals surface area (Å²) in [4.78, 5) is 2.45. The van der Waals surface area contributed by atoms with Crippen LogP contribution >= 0.6 is 11.6 Å². The highest BCUT2D eigenvalue weighted by atomic mass is 35.5. The Bertz CT molecular complexity index is 757. The van der Waals surface area contributed by atoms with Gasteiger partial charge in [0.25, 0.3) is 0 Å². The molecule has 0 amide bonds. The molecule has 2 aliphatic heterocycles. The summed E-state index contributed by atoms with van der Waals surface area (Å²) < 4.78 is 17.1. The fourth-order valence-corrected chi connectivity index (χ4v) is 3.82. The smallest absolute Gasteiger partial charge is 0.179 e. The molecule has 1 saturated heterocycles. The fraction of sp³-hybridized carbons (Fsp3) is 0.429. The lowest BCUT2D eigenvalue weighted by atomic mass is 10.1. The predicted octanol–water partition coefficient (Wildman–Crippen LogP) is 3.10. The van der Waals surface area contributed by atoms with Crippen molar-refractivity contribution in [1.29, 1.82) is 0 Å². The summed E-state index contributed by atoms with van der Waals surface area (Å²) in [5, 5.41) is 4.09. The number of halogens is 1. The molecular formula is C21H25ClN2O3. The van der Waals surface area contributed by atoms with Gasteiger partial charge < -0.3 is 19.5 Å². The van der Waals surface area contributed by atoms with Crippen LogP contribution < -0.4 is 14.8 Å². The average molecular weight is 389 g/mol. The van der Waals surface area contributed by atoms with Crippen molar-refractivity contribution in [3.63, 3.8) is 0 Å². The number of ether oxygens (including phenoxy) is 3. The number of fused-ring (bicyclic) bond motifs is 1. The molecule has 2 aromatic carbocycles.